The highest BCUT2D eigenvalue weighted by atomic mass is 16.5. The number of anilines is 2. The van der Waals surface area contributed by atoms with Crippen molar-refractivity contribution < 1.29 is 9.53 Å². The summed E-state index contributed by atoms with van der Waals surface area (Å²) in [6.07, 6.45) is 3.83. The molecular formula is C22H23N3O2. The quantitative estimate of drug-likeness (QED) is 0.756. The van der Waals surface area contributed by atoms with Gasteiger partial charge in [-0.2, -0.15) is 0 Å². The summed E-state index contributed by atoms with van der Waals surface area (Å²) in [5.41, 5.74) is 2.91. The van der Waals surface area contributed by atoms with Crippen molar-refractivity contribution in [2.24, 2.45) is 0 Å². The molecule has 1 amide bonds. The van der Waals surface area contributed by atoms with Crippen LogP contribution in [-0.2, 0) is 9.53 Å². The first kappa shape index (κ1) is 17.4. The molecule has 5 nitrogen and oxygen atoms in total. The van der Waals surface area contributed by atoms with Crippen molar-refractivity contribution in [2.45, 2.75) is 6.04 Å². The van der Waals surface area contributed by atoms with Gasteiger partial charge >= 0.3 is 0 Å². The lowest BCUT2D eigenvalue weighted by Crippen LogP contribution is -2.36. The minimum absolute atomic E-state index is 0.0588. The average Bonchev–Trinajstić information content (AvgIpc) is 3.24. The Kier molecular flexibility index (Phi) is 5.21. The molecule has 1 atom stereocenters. The van der Waals surface area contributed by atoms with Crippen LogP contribution in [0, 0.1) is 0 Å². The molecule has 1 fully saturated rings. The molecule has 2 aromatic carbocycles. The average molecular weight is 361 g/mol. The number of carbonyl (C=O) groups excluding carboxylic acids is 1. The third-order valence-electron chi connectivity index (χ3n) is 4.80. The maximum atomic E-state index is 13.0. The summed E-state index contributed by atoms with van der Waals surface area (Å²) in [4.78, 5) is 15.3. The second-order valence-electron chi connectivity index (χ2n) is 6.58. The summed E-state index contributed by atoms with van der Waals surface area (Å²) in [5.74, 6) is -0.0588. The lowest BCUT2D eigenvalue weighted by atomic mass is 10.1. The Morgan fingerprint density at radius 3 is 2.22 bits per heavy atom. The van der Waals surface area contributed by atoms with Crippen LogP contribution in [0.1, 0.15) is 11.6 Å². The molecule has 1 aliphatic heterocycles. The molecule has 2 heterocycles. The van der Waals surface area contributed by atoms with Crippen LogP contribution in [0.3, 0.4) is 0 Å². The van der Waals surface area contributed by atoms with E-state index in [0.29, 0.717) is 0 Å². The number of ether oxygens (including phenoxy) is 1. The molecule has 1 N–H and O–H groups in total. The molecule has 0 spiro atoms. The van der Waals surface area contributed by atoms with E-state index in [9.17, 15) is 4.79 Å². The molecule has 1 aliphatic rings. The fraction of sp³-hybridized carbons (Fsp3) is 0.227. The highest BCUT2D eigenvalue weighted by Gasteiger charge is 2.22. The van der Waals surface area contributed by atoms with Gasteiger partial charge in [0, 0.05) is 36.9 Å². The highest BCUT2D eigenvalue weighted by Crippen LogP contribution is 2.23. The van der Waals surface area contributed by atoms with Crippen LogP contribution in [0.5, 0.6) is 0 Å². The van der Waals surface area contributed by atoms with E-state index in [-0.39, 0.29) is 5.91 Å². The van der Waals surface area contributed by atoms with Gasteiger partial charge in [0.05, 0.1) is 13.2 Å². The summed E-state index contributed by atoms with van der Waals surface area (Å²) >= 11 is 0. The van der Waals surface area contributed by atoms with Gasteiger partial charge < -0.3 is 19.5 Å². The molecule has 4 rings (SSSR count). The molecule has 5 heteroatoms. The van der Waals surface area contributed by atoms with Gasteiger partial charge in [-0.1, -0.05) is 30.3 Å². The van der Waals surface area contributed by atoms with Crippen LogP contribution < -0.4 is 10.2 Å². The van der Waals surface area contributed by atoms with Crippen molar-refractivity contribution in [3.63, 3.8) is 0 Å². The predicted octanol–water partition coefficient (Wildman–Crippen LogP) is 3.55. The number of nitrogens with one attached hydrogen (secondary N) is 1. The third kappa shape index (κ3) is 4.04. The Hall–Kier alpha value is -3.05. The van der Waals surface area contributed by atoms with Crippen molar-refractivity contribution >= 4 is 17.3 Å². The number of amides is 1. The molecule has 3 aromatic rings. The molecule has 1 aromatic heterocycles. The van der Waals surface area contributed by atoms with Crippen molar-refractivity contribution in [1.29, 1.82) is 0 Å². The second-order valence-corrected chi connectivity index (χ2v) is 6.58. The van der Waals surface area contributed by atoms with E-state index in [4.69, 9.17) is 4.74 Å². The van der Waals surface area contributed by atoms with E-state index in [1.165, 1.54) is 0 Å². The number of carbonyl (C=O) groups is 1. The van der Waals surface area contributed by atoms with Gasteiger partial charge in [-0.25, -0.2) is 0 Å². The van der Waals surface area contributed by atoms with Crippen LogP contribution in [0.4, 0.5) is 11.4 Å². The first-order chi connectivity index (χ1) is 13.3. The normalized spacial score (nSPS) is 15.3. The Bertz CT molecular complexity index is 854. The van der Waals surface area contributed by atoms with Gasteiger partial charge in [-0.15, -0.1) is 0 Å². The number of hydrogen-bond acceptors (Lipinski definition) is 3. The molecule has 138 valence electrons. The van der Waals surface area contributed by atoms with Crippen molar-refractivity contribution in [3.05, 3.63) is 84.7 Å². The van der Waals surface area contributed by atoms with Gasteiger partial charge in [0.15, 0.2) is 0 Å². The Balaban J connectivity index is 1.51. The van der Waals surface area contributed by atoms with Gasteiger partial charge in [0.2, 0.25) is 0 Å². The predicted molar refractivity (Wildman–Crippen MR) is 107 cm³/mol. The molecule has 1 saturated heterocycles. The van der Waals surface area contributed by atoms with Crippen molar-refractivity contribution in [1.82, 2.24) is 4.57 Å². The number of rotatable bonds is 5. The Morgan fingerprint density at radius 2 is 1.56 bits per heavy atom. The zero-order chi connectivity index (χ0) is 18.5. The van der Waals surface area contributed by atoms with Crippen molar-refractivity contribution in [3.8, 4) is 0 Å². The maximum Gasteiger partial charge on any atom is 0.252 e. The van der Waals surface area contributed by atoms with E-state index in [2.05, 4.69) is 10.2 Å². The molecule has 27 heavy (non-hydrogen) atoms. The number of nitrogens with zero attached hydrogens (tertiary/aromatic N) is 2. The summed E-state index contributed by atoms with van der Waals surface area (Å²) < 4.78 is 7.32. The lowest BCUT2D eigenvalue weighted by molar-refractivity contribution is -0.118. The summed E-state index contributed by atoms with van der Waals surface area (Å²) in [5, 5.41) is 3.06. The molecular weight excluding hydrogens is 338 g/mol. The fourth-order valence-corrected chi connectivity index (χ4v) is 3.40. The topological polar surface area (TPSA) is 46.5 Å². The lowest BCUT2D eigenvalue weighted by Gasteiger charge is -2.29. The van der Waals surface area contributed by atoms with E-state index in [0.717, 1.165) is 43.2 Å². The first-order valence-corrected chi connectivity index (χ1v) is 9.22. The monoisotopic (exact) mass is 361 g/mol. The Morgan fingerprint density at radius 1 is 0.889 bits per heavy atom. The number of morpholine rings is 1. The van der Waals surface area contributed by atoms with E-state index in [1.807, 2.05) is 83.7 Å². The largest absolute Gasteiger partial charge is 0.378 e. The number of benzene rings is 2. The van der Waals surface area contributed by atoms with Gasteiger partial charge in [-0.3, -0.25) is 4.79 Å². The minimum Gasteiger partial charge on any atom is -0.378 e. The number of aromatic nitrogens is 1. The molecule has 0 radical (unpaired) electrons. The minimum atomic E-state index is -0.403. The van der Waals surface area contributed by atoms with E-state index in [1.54, 1.807) is 0 Å². The van der Waals surface area contributed by atoms with Crippen LogP contribution in [-0.4, -0.2) is 36.8 Å². The van der Waals surface area contributed by atoms with Gasteiger partial charge in [0.1, 0.15) is 6.04 Å². The summed E-state index contributed by atoms with van der Waals surface area (Å²) in [6.45, 7) is 3.31. The van der Waals surface area contributed by atoms with Crippen LogP contribution in [0.2, 0.25) is 0 Å². The first-order valence-electron chi connectivity index (χ1n) is 9.22. The SMILES string of the molecule is O=C(Nc1ccc(N2CCOCC2)cc1)[C@@H](c1ccccc1)n1cccc1. The molecule has 0 aliphatic carbocycles. The highest BCUT2D eigenvalue weighted by molar-refractivity contribution is 5.96. The van der Waals surface area contributed by atoms with Crippen LogP contribution >= 0.6 is 0 Å². The molecule has 0 bridgehead atoms. The Labute approximate surface area is 159 Å². The van der Waals surface area contributed by atoms with Crippen molar-refractivity contribution in [2.75, 3.05) is 36.5 Å². The van der Waals surface area contributed by atoms with Gasteiger partial charge in [0.25, 0.3) is 5.91 Å². The zero-order valence-electron chi connectivity index (χ0n) is 15.1. The summed E-state index contributed by atoms with van der Waals surface area (Å²) in [7, 11) is 0. The van der Waals surface area contributed by atoms with E-state index >= 15 is 0 Å². The van der Waals surface area contributed by atoms with Crippen LogP contribution in [0.25, 0.3) is 0 Å². The smallest absolute Gasteiger partial charge is 0.252 e. The standard InChI is InChI=1S/C22H23N3O2/c26-22(21(25-12-4-5-13-25)18-6-2-1-3-7-18)23-19-8-10-20(11-9-19)24-14-16-27-17-15-24/h1-13,21H,14-17H2,(H,23,26)/t21-/m1/s1. The van der Waals surface area contributed by atoms with E-state index < -0.39 is 6.04 Å². The molecule has 0 saturated carbocycles. The maximum absolute atomic E-state index is 13.0. The number of hydrogen-bond donors (Lipinski definition) is 1. The van der Waals surface area contributed by atoms with Gasteiger partial charge in [-0.05, 0) is 42.0 Å². The molecule has 0 unspecified atom stereocenters. The fourth-order valence-electron chi connectivity index (χ4n) is 3.40. The third-order valence-corrected chi connectivity index (χ3v) is 4.80. The van der Waals surface area contributed by atoms with Crippen LogP contribution in [0.15, 0.2) is 79.1 Å². The zero-order valence-corrected chi connectivity index (χ0v) is 15.1. The summed E-state index contributed by atoms with van der Waals surface area (Å²) in [6, 6.07) is 21.3. The second kappa shape index (κ2) is 8.10.